The number of carbonyl (C=O) groups excluding carboxylic acids is 1. The van der Waals surface area contributed by atoms with E-state index < -0.39 is 18.0 Å². The fraction of sp³-hybridized carbons (Fsp3) is 0.762. The third-order valence-corrected chi connectivity index (χ3v) is 8.80. The number of β-lactam (4-membered cyclic amide) rings is 1. The lowest BCUT2D eigenvalue weighted by atomic mass is 9.79. The number of aliphatic hydroxyl groups excluding tert-OH is 1. The highest BCUT2D eigenvalue weighted by molar-refractivity contribution is 8.03. The summed E-state index contributed by atoms with van der Waals surface area (Å²) in [5, 5.41) is 34.1. The van der Waals surface area contributed by atoms with Crippen molar-refractivity contribution in [2.75, 3.05) is 0 Å². The maximum atomic E-state index is 12.4. The van der Waals surface area contributed by atoms with Crippen molar-refractivity contribution in [1.82, 2.24) is 15.5 Å². The number of nitrogens with two attached hydrogens (primary N) is 1. The number of carboxylic acids is 1. The topological polar surface area (TPSA) is 152 Å². The lowest BCUT2D eigenvalue weighted by Crippen LogP contribution is -2.63. The van der Waals surface area contributed by atoms with Crippen LogP contribution in [0.1, 0.15) is 52.4 Å². The Bertz CT molecular complexity index is 789. The summed E-state index contributed by atoms with van der Waals surface area (Å²) < 4.78 is 0. The first kappa shape index (κ1) is 22.4. The molecule has 2 aliphatic heterocycles. The Morgan fingerprint density at radius 3 is 2.39 bits per heavy atom. The third kappa shape index (κ3) is 4.17. The standard InChI is InChI=1S/C21H33N5O4S/c1-9-16-15(10(2)27)19(28)26(16)17(20(29)30)18(9)31-14-7-13(8-14)24-11-3-5-12(6-4-11)25-21(22)23/h9-16,24,27H,3-8H2,1-2H3,(H,29,30)(H4,22,23,25)/t9-,10-,11-,12+,13-,14+,15-,16-/m1/s1. The molecule has 0 aromatic heterocycles. The summed E-state index contributed by atoms with van der Waals surface area (Å²) in [5.74, 6) is -1.87. The van der Waals surface area contributed by atoms with Gasteiger partial charge in [0.25, 0.3) is 0 Å². The van der Waals surface area contributed by atoms with Crippen molar-refractivity contribution in [2.24, 2.45) is 17.6 Å². The number of carboxylic acid groups (broad SMARTS) is 1. The van der Waals surface area contributed by atoms with Crippen LogP contribution in [0, 0.1) is 17.2 Å². The number of hydrogen-bond acceptors (Lipinski definition) is 6. The third-order valence-electron chi connectivity index (χ3n) is 7.26. The summed E-state index contributed by atoms with van der Waals surface area (Å²) in [5.41, 5.74) is 5.54. The summed E-state index contributed by atoms with van der Waals surface area (Å²) in [6.45, 7) is 3.57. The van der Waals surface area contributed by atoms with Crippen LogP contribution in [0.5, 0.6) is 0 Å². The van der Waals surface area contributed by atoms with Crippen molar-refractivity contribution in [2.45, 2.75) is 87.9 Å². The van der Waals surface area contributed by atoms with Gasteiger partial charge < -0.3 is 31.5 Å². The van der Waals surface area contributed by atoms with Gasteiger partial charge in [-0.3, -0.25) is 10.2 Å². The molecule has 2 aliphatic carbocycles. The number of amides is 1. The molecule has 0 aromatic carbocycles. The Morgan fingerprint density at radius 1 is 1.23 bits per heavy atom. The van der Waals surface area contributed by atoms with Crippen LogP contribution in [-0.2, 0) is 9.59 Å². The summed E-state index contributed by atoms with van der Waals surface area (Å²) in [7, 11) is 0. The van der Waals surface area contributed by atoms with Crippen LogP contribution >= 0.6 is 11.8 Å². The Hall–Kier alpha value is -1.78. The van der Waals surface area contributed by atoms with Crippen LogP contribution in [0.3, 0.4) is 0 Å². The lowest BCUT2D eigenvalue weighted by Gasteiger charge is -2.46. The molecule has 31 heavy (non-hydrogen) atoms. The second-order valence-corrected chi connectivity index (χ2v) is 10.8. The summed E-state index contributed by atoms with van der Waals surface area (Å²) in [4.78, 5) is 26.5. The van der Waals surface area contributed by atoms with E-state index in [4.69, 9.17) is 11.1 Å². The zero-order valence-corrected chi connectivity index (χ0v) is 18.8. The minimum atomic E-state index is -1.06. The van der Waals surface area contributed by atoms with Gasteiger partial charge in [0.2, 0.25) is 5.91 Å². The van der Waals surface area contributed by atoms with Crippen LogP contribution in [-0.4, -0.2) is 68.5 Å². The van der Waals surface area contributed by atoms with Gasteiger partial charge >= 0.3 is 5.97 Å². The molecular weight excluding hydrogens is 418 g/mol. The first-order chi connectivity index (χ1) is 14.7. The molecule has 4 atom stereocenters. The van der Waals surface area contributed by atoms with Gasteiger partial charge in [-0.05, 0) is 45.4 Å². The van der Waals surface area contributed by atoms with Crippen LogP contribution in [0.4, 0.5) is 0 Å². The maximum absolute atomic E-state index is 12.4. The Kier molecular flexibility index (Phi) is 6.24. The van der Waals surface area contributed by atoms with E-state index in [1.807, 2.05) is 6.92 Å². The van der Waals surface area contributed by atoms with Crippen molar-refractivity contribution in [1.29, 1.82) is 5.41 Å². The number of nitrogens with one attached hydrogen (secondary N) is 3. The largest absolute Gasteiger partial charge is 0.477 e. The average molecular weight is 452 g/mol. The molecule has 2 saturated carbocycles. The highest BCUT2D eigenvalue weighted by Gasteiger charge is 2.60. The molecule has 0 bridgehead atoms. The van der Waals surface area contributed by atoms with Gasteiger partial charge in [-0.1, -0.05) is 6.92 Å². The van der Waals surface area contributed by atoms with Crippen molar-refractivity contribution in [3.05, 3.63) is 10.6 Å². The molecule has 9 nitrogen and oxygen atoms in total. The molecule has 4 rings (SSSR count). The normalized spacial score (nSPS) is 38.2. The molecule has 0 radical (unpaired) electrons. The number of thioether (sulfide) groups is 1. The number of guanidine groups is 1. The average Bonchev–Trinajstić information content (AvgIpc) is 2.89. The molecule has 10 heteroatoms. The highest BCUT2D eigenvalue weighted by Crippen LogP contribution is 2.53. The maximum Gasteiger partial charge on any atom is 0.353 e. The van der Waals surface area contributed by atoms with Crippen LogP contribution in [0.15, 0.2) is 10.6 Å². The number of carbonyl (C=O) groups is 2. The number of rotatable bonds is 7. The van der Waals surface area contributed by atoms with Gasteiger partial charge in [-0.25, -0.2) is 4.79 Å². The Balaban J connectivity index is 1.29. The summed E-state index contributed by atoms with van der Waals surface area (Å²) >= 11 is 1.61. The monoisotopic (exact) mass is 451 g/mol. The number of aliphatic hydroxyl groups is 1. The van der Waals surface area contributed by atoms with Gasteiger partial charge in [0.15, 0.2) is 5.96 Å². The molecule has 0 aromatic rings. The minimum absolute atomic E-state index is 0.0395. The molecular formula is C21H33N5O4S. The van der Waals surface area contributed by atoms with E-state index in [0.717, 1.165) is 43.4 Å². The molecule has 4 aliphatic rings. The number of hydrogen-bond donors (Lipinski definition) is 6. The first-order valence-electron chi connectivity index (χ1n) is 11.2. The van der Waals surface area contributed by atoms with Crippen molar-refractivity contribution < 1.29 is 19.8 Å². The molecule has 3 fully saturated rings. The fourth-order valence-electron chi connectivity index (χ4n) is 5.61. The van der Waals surface area contributed by atoms with Gasteiger partial charge in [0, 0.05) is 34.2 Å². The number of fused-ring (bicyclic) bond motifs is 1. The van der Waals surface area contributed by atoms with Gasteiger partial charge in [0.1, 0.15) is 5.70 Å². The molecule has 2 heterocycles. The van der Waals surface area contributed by atoms with Crippen LogP contribution in [0.2, 0.25) is 0 Å². The molecule has 0 spiro atoms. The second kappa shape index (κ2) is 8.63. The zero-order valence-electron chi connectivity index (χ0n) is 18.0. The zero-order chi connectivity index (χ0) is 22.4. The van der Waals surface area contributed by atoms with Crippen LogP contribution in [0.25, 0.3) is 0 Å². The van der Waals surface area contributed by atoms with E-state index in [1.165, 1.54) is 4.90 Å². The van der Waals surface area contributed by atoms with Crippen molar-refractivity contribution >= 4 is 29.6 Å². The van der Waals surface area contributed by atoms with Gasteiger partial charge in [0.05, 0.1) is 18.1 Å². The predicted molar refractivity (Wildman–Crippen MR) is 118 cm³/mol. The van der Waals surface area contributed by atoms with Gasteiger partial charge in [-0.2, -0.15) is 0 Å². The molecule has 1 amide bonds. The van der Waals surface area contributed by atoms with E-state index in [2.05, 4.69) is 10.6 Å². The van der Waals surface area contributed by atoms with Crippen molar-refractivity contribution in [3.63, 3.8) is 0 Å². The predicted octanol–water partition coefficient (Wildman–Crippen LogP) is 0.788. The highest BCUT2D eigenvalue weighted by atomic mass is 32.2. The fourth-order valence-corrected chi connectivity index (χ4v) is 7.28. The molecule has 1 saturated heterocycles. The van der Waals surface area contributed by atoms with E-state index >= 15 is 0 Å². The lowest BCUT2D eigenvalue weighted by molar-refractivity contribution is -0.163. The number of aliphatic carboxylic acids is 1. The summed E-state index contributed by atoms with van der Waals surface area (Å²) in [6, 6.07) is 0.971. The minimum Gasteiger partial charge on any atom is -0.477 e. The van der Waals surface area contributed by atoms with Crippen LogP contribution < -0.4 is 16.4 Å². The van der Waals surface area contributed by atoms with E-state index in [-0.39, 0.29) is 29.5 Å². The van der Waals surface area contributed by atoms with E-state index in [9.17, 15) is 19.8 Å². The van der Waals surface area contributed by atoms with E-state index in [0.29, 0.717) is 23.4 Å². The van der Waals surface area contributed by atoms with E-state index in [1.54, 1.807) is 18.7 Å². The summed E-state index contributed by atoms with van der Waals surface area (Å²) in [6.07, 6.45) is 5.33. The smallest absolute Gasteiger partial charge is 0.353 e. The molecule has 0 unspecified atom stereocenters. The SMILES string of the molecule is C[C@@H](O)[C@H]1C(=O)N2C(C(=O)O)=C(S[C@H]3C[C@@H](N[C@H]4CC[C@@H](NC(=N)N)CC4)C3)[C@H](C)[C@H]12. The van der Waals surface area contributed by atoms with Gasteiger partial charge in [-0.15, -0.1) is 11.8 Å². The molecule has 172 valence electrons. The second-order valence-electron chi connectivity index (χ2n) is 9.45. The van der Waals surface area contributed by atoms with Crippen molar-refractivity contribution in [3.8, 4) is 0 Å². The first-order valence-corrected chi connectivity index (χ1v) is 12.1. The Morgan fingerprint density at radius 2 is 1.84 bits per heavy atom. The molecule has 7 N–H and O–H groups in total. The quantitative estimate of drug-likeness (QED) is 0.189. The Labute approximate surface area is 186 Å². The number of nitrogens with zero attached hydrogens (tertiary/aromatic N) is 1.